The molecule has 128 valence electrons. The molecule has 0 spiro atoms. The minimum absolute atomic E-state index is 0.0723. The summed E-state index contributed by atoms with van der Waals surface area (Å²) in [6.07, 6.45) is 0. The number of benzene rings is 1. The normalized spacial score (nSPS) is 16.8. The number of nitrogens with zero attached hydrogens (tertiary/aromatic N) is 4. The first-order valence-corrected chi connectivity index (χ1v) is 7.67. The molecule has 0 aliphatic carbocycles. The minimum Gasteiger partial charge on any atom is -0.462 e. The van der Waals surface area contributed by atoms with E-state index in [4.69, 9.17) is 4.74 Å². The lowest BCUT2D eigenvalue weighted by molar-refractivity contribution is -0.120. The van der Waals surface area contributed by atoms with Gasteiger partial charge in [0.25, 0.3) is 5.91 Å². The third kappa shape index (κ3) is 3.30. The van der Waals surface area contributed by atoms with E-state index in [0.29, 0.717) is 11.4 Å². The van der Waals surface area contributed by atoms with E-state index in [-0.39, 0.29) is 18.0 Å². The van der Waals surface area contributed by atoms with Crippen molar-refractivity contribution < 1.29 is 14.3 Å². The van der Waals surface area contributed by atoms with Crippen LogP contribution in [0, 0.1) is 6.92 Å². The van der Waals surface area contributed by atoms with Crippen LogP contribution in [0.15, 0.2) is 45.7 Å². The Morgan fingerprint density at radius 3 is 2.80 bits per heavy atom. The van der Waals surface area contributed by atoms with Crippen LogP contribution in [0.4, 0.5) is 5.82 Å². The second kappa shape index (κ2) is 7.04. The first-order valence-electron chi connectivity index (χ1n) is 7.67. The molecule has 1 aliphatic rings. The third-order valence-corrected chi connectivity index (χ3v) is 3.54. The Morgan fingerprint density at radius 1 is 1.32 bits per heavy atom. The third-order valence-electron chi connectivity index (χ3n) is 3.54. The van der Waals surface area contributed by atoms with E-state index in [1.54, 1.807) is 13.8 Å². The molecule has 1 aliphatic heterocycles. The molecule has 1 aromatic heterocycles. The molecule has 0 saturated carbocycles. The number of ether oxygens (including phenoxy) is 1. The highest BCUT2D eigenvalue weighted by Gasteiger charge is 2.31. The van der Waals surface area contributed by atoms with Crippen molar-refractivity contribution in [3.05, 3.63) is 47.2 Å². The smallest absolute Gasteiger partial charge is 0.343 e. The van der Waals surface area contributed by atoms with Crippen molar-refractivity contribution in [2.45, 2.75) is 19.9 Å². The van der Waals surface area contributed by atoms with Crippen LogP contribution >= 0.6 is 0 Å². The lowest BCUT2D eigenvalue weighted by Gasteiger charge is -2.04. The lowest BCUT2D eigenvalue weighted by Crippen LogP contribution is -2.27. The Morgan fingerprint density at radius 2 is 2.08 bits per heavy atom. The molecule has 3 rings (SSSR count). The summed E-state index contributed by atoms with van der Waals surface area (Å²) in [5, 5.41) is 18.7. The second-order valence-corrected chi connectivity index (χ2v) is 5.22. The van der Waals surface area contributed by atoms with Crippen LogP contribution in [0.25, 0.3) is 0 Å². The molecule has 2 heterocycles. The topological polar surface area (TPSA) is 121 Å². The van der Waals surface area contributed by atoms with Crippen molar-refractivity contribution in [2.24, 2.45) is 15.3 Å². The summed E-state index contributed by atoms with van der Waals surface area (Å²) in [4.78, 5) is 24.0. The molecule has 1 amide bonds. The fourth-order valence-corrected chi connectivity index (χ4v) is 2.35. The van der Waals surface area contributed by atoms with E-state index >= 15 is 0 Å². The van der Waals surface area contributed by atoms with Gasteiger partial charge >= 0.3 is 5.97 Å². The van der Waals surface area contributed by atoms with Gasteiger partial charge in [-0.15, -0.1) is 5.11 Å². The first-order chi connectivity index (χ1) is 12.1. The zero-order valence-electron chi connectivity index (χ0n) is 13.7. The van der Waals surface area contributed by atoms with Gasteiger partial charge in [0.15, 0.2) is 6.04 Å². The summed E-state index contributed by atoms with van der Waals surface area (Å²) in [5.74, 6) is -0.869. The Balaban J connectivity index is 1.88. The van der Waals surface area contributed by atoms with Crippen LogP contribution in [0.5, 0.6) is 0 Å². The number of amides is 1. The molecule has 0 saturated heterocycles. The molecule has 1 unspecified atom stereocenters. The molecule has 1 aromatic carbocycles. The molecule has 1 atom stereocenters. The molecule has 0 radical (unpaired) electrons. The van der Waals surface area contributed by atoms with Gasteiger partial charge in [-0.2, -0.15) is 15.3 Å². The standard InChI is InChI=1S/C16H16N6O3/c1-3-25-16(24)11-9(2)17-20-14(11)21-19-13-12(18-22-15(13)23)10-7-5-4-6-8-10/h4-8,13H,3H2,1-2H3,(H,17,20)(H,22,23). The molecule has 0 bridgehead atoms. The molecule has 25 heavy (non-hydrogen) atoms. The van der Waals surface area contributed by atoms with Crippen LogP contribution in [-0.4, -0.2) is 40.4 Å². The molecule has 9 heteroatoms. The fourth-order valence-electron chi connectivity index (χ4n) is 2.35. The van der Waals surface area contributed by atoms with Gasteiger partial charge in [0.1, 0.15) is 11.3 Å². The van der Waals surface area contributed by atoms with E-state index in [0.717, 1.165) is 5.56 Å². The highest BCUT2D eigenvalue weighted by molar-refractivity contribution is 6.19. The summed E-state index contributed by atoms with van der Waals surface area (Å²) in [5.41, 5.74) is 4.32. The van der Waals surface area contributed by atoms with Crippen molar-refractivity contribution in [1.82, 2.24) is 15.6 Å². The van der Waals surface area contributed by atoms with Crippen LogP contribution in [-0.2, 0) is 9.53 Å². The number of azo groups is 1. The lowest BCUT2D eigenvalue weighted by atomic mass is 10.0. The quantitative estimate of drug-likeness (QED) is 0.637. The molecule has 2 N–H and O–H groups in total. The predicted molar refractivity (Wildman–Crippen MR) is 88.7 cm³/mol. The SMILES string of the molecule is CCOC(=O)c1c(N=NC2C(=O)NN=C2c2ccccc2)n[nH]c1C. The molecule has 2 aromatic rings. The van der Waals surface area contributed by atoms with Gasteiger partial charge in [0.05, 0.1) is 6.61 Å². The van der Waals surface area contributed by atoms with Crippen molar-refractivity contribution in [2.75, 3.05) is 6.61 Å². The van der Waals surface area contributed by atoms with E-state index in [2.05, 4.69) is 31.0 Å². The Bertz CT molecular complexity index is 856. The van der Waals surface area contributed by atoms with Gasteiger partial charge in [-0.05, 0) is 13.8 Å². The van der Waals surface area contributed by atoms with Gasteiger partial charge in [0.2, 0.25) is 5.82 Å². The van der Waals surface area contributed by atoms with Crippen molar-refractivity contribution in [3.8, 4) is 0 Å². The summed E-state index contributed by atoms with van der Waals surface area (Å²) >= 11 is 0. The van der Waals surface area contributed by atoms with Gasteiger partial charge < -0.3 is 4.74 Å². The zero-order chi connectivity index (χ0) is 17.8. The average Bonchev–Trinajstić information content (AvgIpc) is 3.16. The molecular formula is C16H16N6O3. The number of carbonyl (C=O) groups excluding carboxylic acids is 2. The van der Waals surface area contributed by atoms with Gasteiger partial charge in [-0.1, -0.05) is 30.3 Å². The van der Waals surface area contributed by atoms with Crippen LogP contribution in [0.2, 0.25) is 0 Å². The van der Waals surface area contributed by atoms with E-state index < -0.39 is 17.9 Å². The first kappa shape index (κ1) is 16.5. The number of aromatic amines is 1. The number of hydrazone groups is 1. The number of nitrogens with one attached hydrogen (secondary N) is 2. The number of aryl methyl sites for hydroxylation is 1. The highest BCUT2D eigenvalue weighted by atomic mass is 16.5. The Hall–Kier alpha value is -3.36. The van der Waals surface area contributed by atoms with Crippen molar-refractivity contribution in [1.29, 1.82) is 0 Å². The second-order valence-electron chi connectivity index (χ2n) is 5.22. The number of hydrogen-bond donors (Lipinski definition) is 2. The Kier molecular flexibility index (Phi) is 4.64. The maximum Gasteiger partial charge on any atom is 0.343 e. The van der Waals surface area contributed by atoms with Crippen LogP contribution in [0.1, 0.15) is 28.5 Å². The fraction of sp³-hybridized carbons (Fsp3) is 0.250. The van der Waals surface area contributed by atoms with Crippen LogP contribution < -0.4 is 5.43 Å². The number of carbonyl (C=O) groups is 2. The average molecular weight is 340 g/mol. The van der Waals surface area contributed by atoms with Crippen molar-refractivity contribution >= 4 is 23.4 Å². The molecular weight excluding hydrogens is 324 g/mol. The van der Waals surface area contributed by atoms with Gasteiger partial charge in [0, 0.05) is 11.3 Å². The number of esters is 1. The number of rotatable bonds is 5. The van der Waals surface area contributed by atoms with E-state index in [1.807, 2.05) is 30.3 Å². The number of hydrogen-bond acceptors (Lipinski definition) is 7. The van der Waals surface area contributed by atoms with E-state index in [9.17, 15) is 9.59 Å². The summed E-state index contributed by atoms with van der Waals surface area (Å²) in [6, 6.07) is 8.28. The predicted octanol–water partition coefficient (Wildman–Crippen LogP) is 1.88. The Labute approximate surface area is 143 Å². The maximum absolute atomic E-state index is 12.0. The zero-order valence-corrected chi connectivity index (χ0v) is 13.7. The maximum atomic E-state index is 12.0. The molecule has 9 nitrogen and oxygen atoms in total. The summed E-state index contributed by atoms with van der Waals surface area (Å²) in [7, 11) is 0. The van der Waals surface area contributed by atoms with Crippen molar-refractivity contribution in [3.63, 3.8) is 0 Å². The number of H-pyrrole nitrogens is 1. The monoisotopic (exact) mass is 340 g/mol. The highest BCUT2D eigenvalue weighted by Crippen LogP contribution is 2.22. The van der Waals surface area contributed by atoms with Crippen LogP contribution in [0.3, 0.4) is 0 Å². The summed E-state index contributed by atoms with van der Waals surface area (Å²) in [6.45, 7) is 3.62. The largest absolute Gasteiger partial charge is 0.462 e. The summed E-state index contributed by atoms with van der Waals surface area (Å²) < 4.78 is 4.99. The van der Waals surface area contributed by atoms with Gasteiger partial charge in [-0.3, -0.25) is 9.89 Å². The van der Waals surface area contributed by atoms with E-state index in [1.165, 1.54) is 0 Å². The number of aromatic nitrogens is 2. The van der Waals surface area contributed by atoms with Gasteiger partial charge in [-0.25, -0.2) is 10.2 Å². The molecule has 0 fully saturated rings. The minimum atomic E-state index is -0.908.